The predicted molar refractivity (Wildman–Crippen MR) is 66.8 cm³/mol. The Balaban J connectivity index is 3.88. The van der Waals surface area contributed by atoms with Crippen LogP contribution in [0.2, 0.25) is 0 Å². The van der Waals surface area contributed by atoms with Crippen LogP contribution in [0.1, 0.15) is 19.3 Å². The molecule has 0 aliphatic rings. The zero-order valence-corrected chi connectivity index (χ0v) is 10.8. The fourth-order valence-corrected chi connectivity index (χ4v) is 1.73. The van der Waals surface area contributed by atoms with Crippen molar-refractivity contribution in [1.29, 1.82) is 5.41 Å². The summed E-state index contributed by atoms with van der Waals surface area (Å²) in [5, 5.41) is 11.9. The molecule has 0 aliphatic carbocycles. The van der Waals surface area contributed by atoms with E-state index >= 15 is 0 Å². The minimum Gasteiger partial charge on any atom is -0.370 e. The third kappa shape index (κ3) is 10.0. The molecule has 0 unspecified atom stereocenters. The standard InChI is InChI=1S/C8H20N5O4P/c9-7(14)6(13-5-18(15,16)17)3-1-2-4-12-8(10)11/h6,13H,1-5H2,(H2,9,14)(H4,10,11,12)(H2,15,16,17)/t6-/m0/s1. The summed E-state index contributed by atoms with van der Waals surface area (Å²) >= 11 is 0. The first-order valence-electron chi connectivity index (χ1n) is 5.37. The molecule has 18 heavy (non-hydrogen) atoms. The van der Waals surface area contributed by atoms with Gasteiger partial charge in [0.25, 0.3) is 0 Å². The summed E-state index contributed by atoms with van der Waals surface area (Å²) in [6, 6.07) is -0.769. The smallest absolute Gasteiger partial charge is 0.339 e. The maximum absolute atomic E-state index is 11.0. The van der Waals surface area contributed by atoms with Crippen LogP contribution in [0.3, 0.4) is 0 Å². The largest absolute Gasteiger partial charge is 0.370 e. The van der Waals surface area contributed by atoms with E-state index in [0.29, 0.717) is 25.8 Å². The molecule has 0 aliphatic heterocycles. The molecular formula is C8H20N5O4P. The summed E-state index contributed by atoms with van der Waals surface area (Å²) < 4.78 is 10.6. The molecule has 0 aromatic carbocycles. The van der Waals surface area contributed by atoms with E-state index in [-0.39, 0.29) is 5.96 Å². The molecule has 1 amide bonds. The fraction of sp³-hybridized carbons (Fsp3) is 0.750. The van der Waals surface area contributed by atoms with E-state index in [2.05, 4.69) is 10.6 Å². The Morgan fingerprint density at radius 2 is 1.94 bits per heavy atom. The van der Waals surface area contributed by atoms with Crippen molar-refractivity contribution in [3.8, 4) is 0 Å². The average Bonchev–Trinajstić information content (AvgIpc) is 2.19. The normalized spacial score (nSPS) is 13.0. The van der Waals surface area contributed by atoms with Crippen molar-refractivity contribution in [2.75, 3.05) is 12.8 Å². The Morgan fingerprint density at radius 3 is 2.39 bits per heavy atom. The summed E-state index contributed by atoms with van der Waals surface area (Å²) in [5.41, 5.74) is 10.2. The lowest BCUT2D eigenvalue weighted by atomic mass is 10.1. The number of hydrogen-bond acceptors (Lipinski definition) is 4. The Hall–Kier alpha value is -1.15. The van der Waals surface area contributed by atoms with Crippen LogP contribution in [0.4, 0.5) is 0 Å². The van der Waals surface area contributed by atoms with Crippen LogP contribution in [0.25, 0.3) is 0 Å². The van der Waals surface area contributed by atoms with Gasteiger partial charge in [-0.1, -0.05) is 0 Å². The van der Waals surface area contributed by atoms with Gasteiger partial charge in [-0.25, -0.2) is 0 Å². The fourth-order valence-electron chi connectivity index (χ4n) is 1.27. The van der Waals surface area contributed by atoms with Crippen molar-refractivity contribution in [3.05, 3.63) is 0 Å². The first kappa shape index (κ1) is 16.9. The minimum absolute atomic E-state index is 0.124. The molecule has 0 bridgehead atoms. The molecule has 0 spiro atoms. The van der Waals surface area contributed by atoms with Gasteiger partial charge in [-0.2, -0.15) is 0 Å². The zero-order valence-electron chi connectivity index (χ0n) is 9.93. The zero-order chi connectivity index (χ0) is 14.2. The molecule has 9 N–H and O–H groups in total. The van der Waals surface area contributed by atoms with Gasteiger partial charge in [0.2, 0.25) is 5.91 Å². The third-order valence-electron chi connectivity index (χ3n) is 2.12. The Labute approximate surface area is 105 Å². The Bertz CT molecular complexity index is 331. The highest BCUT2D eigenvalue weighted by Crippen LogP contribution is 2.32. The number of rotatable bonds is 9. The van der Waals surface area contributed by atoms with E-state index in [4.69, 9.17) is 26.7 Å². The second kappa shape index (κ2) is 8.04. The van der Waals surface area contributed by atoms with E-state index in [0.717, 1.165) is 0 Å². The first-order valence-corrected chi connectivity index (χ1v) is 7.17. The van der Waals surface area contributed by atoms with Gasteiger partial charge in [-0.3, -0.25) is 20.1 Å². The molecule has 0 heterocycles. The topological polar surface area (TPSA) is 175 Å². The second-order valence-corrected chi connectivity index (χ2v) is 5.46. The van der Waals surface area contributed by atoms with Crippen molar-refractivity contribution in [2.24, 2.45) is 11.5 Å². The quantitative estimate of drug-likeness (QED) is 0.113. The Morgan fingerprint density at radius 1 is 1.33 bits per heavy atom. The average molecular weight is 281 g/mol. The molecule has 10 heteroatoms. The molecule has 9 nitrogen and oxygen atoms in total. The number of nitrogens with one attached hydrogen (secondary N) is 3. The second-order valence-electron chi connectivity index (χ2n) is 3.82. The van der Waals surface area contributed by atoms with Crippen LogP contribution in [0.15, 0.2) is 0 Å². The summed E-state index contributed by atoms with van der Waals surface area (Å²) in [5.74, 6) is -0.774. The van der Waals surface area contributed by atoms with Crippen LogP contribution in [0, 0.1) is 5.41 Å². The SMILES string of the molecule is N=C(N)NCCCC[C@H](NCP(=O)(O)O)C(N)=O. The van der Waals surface area contributed by atoms with Gasteiger partial charge < -0.3 is 26.6 Å². The first-order chi connectivity index (χ1) is 8.22. The van der Waals surface area contributed by atoms with Gasteiger partial charge in [0, 0.05) is 6.54 Å². The number of carbonyl (C=O) groups excluding carboxylic acids is 1. The molecule has 0 saturated heterocycles. The van der Waals surface area contributed by atoms with Gasteiger partial charge in [0.15, 0.2) is 5.96 Å². The number of carbonyl (C=O) groups is 1. The molecule has 0 fully saturated rings. The van der Waals surface area contributed by atoms with Crippen molar-refractivity contribution in [1.82, 2.24) is 10.6 Å². The molecule has 0 saturated carbocycles. The summed E-state index contributed by atoms with van der Waals surface area (Å²) in [4.78, 5) is 28.4. The lowest BCUT2D eigenvalue weighted by Gasteiger charge is -2.15. The van der Waals surface area contributed by atoms with Crippen molar-refractivity contribution in [3.63, 3.8) is 0 Å². The molecule has 1 atom stereocenters. The predicted octanol–water partition coefficient (Wildman–Crippen LogP) is -1.78. The molecule has 0 radical (unpaired) electrons. The Kier molecular flexibility index (Phi) is 7.53. The molecular weight excluding hydrogens is 261 g/mol. The van der Waals surface area contributed by atoms with E-state index in [9.17, 15) is 9.36 Å². The van der Waals surface area contributed by atoms with Crippen LogP contribution in [0.5, 0.6) is 0 Å². The van der Waals surface area contributed by atoms with Gasteiger partial charge in [-0.15, -0.1) is 0 Å². The number of unbranched alkanes of at least 4 members (excludes halogenated alkanes) is 1. The molecule has 106 valence electrons. The number of primary amides is 1. The van der Waals surface area contributed by atoms with Gasteiger partial charge >= 0.3 is 7.60 Å². The van der Waals surface area contributed by atoms with Crippen LogP contribution in [-0.2, 0) is 9.36 Å². The van der Waals surface area contributed by atoms with Crippen LogP contribution < -0.4 is 22.1 Å². The maximum atomic E-state index is 11.0. The van der Waals surface area contributed by atoms with Crippen molar-refractivity contribution >= 4 is 19.5 Å². The number of amides is 1. The maximum Gasteiger partial charge on any atom is 0.339 e. The number of nitrogens with two attached hydrogens (primary N) is 2. The van der Waals surface area contributed by atoms with E-state index in [1.807, 2.05) is 0 Å². The van der Waals surface area contributed by atoms with E-state index in [1.165, 1.54) is 0 Å². The van der Waals surface area contributed by atoms with E-state index in [1.54, 1.807) is 0 Å². The van der Waals surface area contributed by atoms with Crippen LogP contribution >= 0.6 is 7.60 Å². The monoisotopic (exact) mass is 281 g/mol. The third-order valence-corrected chi connectivity index (χ3v) is 2.72. The minimum atomic E-state index is -4.19. The summed E-state index contributed by atoms with van der Waals surface area (Å²) in [6.07, 6.45) is 1.07. The molecule has 0 aromatic rings. The summed E-state index contributed by atoms with van der Waals surface area (Å²) in [7, 11) is -4.19. The summed E-state index contributed by atoms with van der Waals surface area (Å²) in [6.45, 7) is 0.499. The number of guanidine groups is 1. The number of hydrogen-bond donors (Lipinski definition) is 7. The van der Waals surface area contributed by atoms with Crippen molar-refractivity contribution in [2.45, 2.75) is 25.3 Å². The highest BCUT2D eigenvalue weighted by atomic mass is 31.2. The molecule has 0 aromatic heterocycles. The highest BCUT2D eigenvalue weighted by molar-refractivity contribution is 7.51. The highest BCUT2D eigenvalue weighted by Gasteiger charge is 2.19. The van der Waals surface area contributed by atoms with E-state index < -0.39 is 25.8 Å². The lowest BCUT2D eigenvalue weighted by molar-refractivity contribution is -0.120. The van der Waals surface area contributed by atoms with Gasteiger partial charge in [0.05, 0.1) is 12.3 Å². The van der Waals surface area contributed by atoms with Gasteiger partial charge in [-0.05, 0) is 19.3 Å². The van der Waals surface area contributed by atoms with Crippen LogP contribution in [-0.4, -0.2) is 40.5 Å². The lowest BCUT2D eigenvalue weighted by Crippen LogP contribution is -2.41. The van der Waals surface area contributed by atoms with Crippen molar-refractivity contribution < 1.29 is 19.1 Å². The van der Waals surface area contributed by atoms with Gasteiger partial charge in [0.1, 0.15) is 0 Å². The molecule has 0 rings (SSSR count).